The molecule has 0 bridgehead atoms. The fourth-order valence-corrected chi connectivity index (χ4v) is 2.23. The second-order valence-electron chi connectivity index (χ2n) is 5.23. The van der Waals surface area contributed by atoms with Gasteiger partial charge >= 0.3 is 0 Å². The quantitative estimate of drug-likeness (QED) is 0.397. The van der Waals surface area contributed by atoms with Gasteiger partial charge in [0.2, 0.25) is 5.91 Å². The van der Waals surface area contributed by atoms with Crippen molar-refractivity contribution in [1.29, 1.82) is 0 Å². The summed E-state index contributed by atoms with van der Waals surface area (Å²) in [4.78, 5) is 40.2. The third-order valence-corrected chi connectivity index (χ3v) is 3.35. The maximum Gasteiger partial charge on any atom is 0.261 e. The molecule has 0 radical (unpaired) electrons. The summed E-state index contributed by atoms with van der Waals surface area (Å²) in [5, 5.41) is 6.02. The Bertz CT molecular complexity index is 679. The average Bonchev–Trinajstić information content (AvgIpc) is 2.49. The third kappa shape index (κ3) is 2.91. The number of hydrogen-bond donors (Lipinski definition) is 1. The summed E-state index contributed by atoms with van der Waals surface area (Å²) >= 11 is 0. The van der Waals surface area contributed by atoms with Crippen LogP contribution in [0.15, 0.2) is 29.4 Å². The first kappa shape index (κ1) is 15.5. The minimum Gasteiger partial charge on any atom is -0.342 e. The number of amides is 3. The molecule has 2 rings (SSSR count). The minimum atomic E-state index is -0.739. The van der Waals surface area contributed by atoms with Gasteiger partial charge in [-0.05, 0) is 17.5 Å². The van der Waals surface area contributed by atoms with E-state index in [1.54, 1.807) is 26.0 Å². The molecule has 0 spiro atoms. The standard InChI is InChI=1S/C14H15N5O3/c1-8(2)12-14(22)19(7-11(20)16-12)13(21)9-5-3-4-6-10(9)17-18-15/h3-6,8,12H,7H2,1-2H3,(H,16,20)/t12-/m0/s1. The zero-order chi connectivity index (χ0) is 16.3. The molecule has 1 aliphatic rings. The molecule has 0 aromatic heterocycles. The van der Waals surface area contributed by atoms with Crippen LogP contribution in [0.4, 0.5) is 5.69 Å². The number of nitrogens with one attached hydrogen (secondary N) is 1. The van der Waals surface area contributed by atoms with Gasteiger partial charge in [-0.25, -0.2) is 0 Å². The van der Waals surface area contributed by atoms with Crippen LogP contribution in [0.25, 0.3) is 10.4 Å². The van der Waals surface area contributed by atoms with Crippen LogP contribution in [-0.2, 0) is 9.59 Å². The van der Waals surface area contributed by atoms with Gasteiger partial charge in [0, 0.05) is 10.5 Å². The second kappa shape index (κ2) is 6.28. The molecule has 1 fully saturated rings. The molecular weight excluding hydrogens is 286 g/mol. The van der Waals surface area contributed by atoms with Crippen molar-refractivity contribution < 1.29 is 14.4 Å². The van der Waals surface area contributed by atoms with Crippen LogP contribution in [0.1, 0.15) is 24.2 Å². The first-order chi connectivity index (χ1) is 10.5. The van der Waals surface area contributed by atoms with Crippen molar-refractivity contribution >= 4 is 23.4 Å². The van der Waals surface area contributed by atoms with Crippen molar-refractivity contribution in [2.75, 3.05) is 6.54 Å². The smallest absolute Gasteiger partial charge is 0.261 e. The van der Waals surface area contributed by atoms with E-state index in [0.717, 1.165) is 4.90 Å². The maximum absolute atomic E-state index is 12.6. The average molecular weight is 301 g/mol. The summed E-state index contributed by atoms with van der Waals surface area (Å²) in [6, 6.07) is 5.40. The lowest BCUT2D eigenvalue weighted by Crippen LogP contribution is -2.61. The zero-order valence-electron chi connectivity index (χ0n) is 12.2. The molecule has 1 saturated heterocycles. The number of benzene rings is 1. The highest BCUT2D eigenvalue weighted by atomic mass is 16.2. The number of piperazine rings is 1. The van der Waals surface area contributed by atoms with Gasteiger partial charge in [0.05, 0.1) is 5.69 Å². The fraction of sp³-hybridized carbons (Fsp3) is 0.357. The van der Waals surface area contributed by atoms with E-state index in [9.17, 15) is 14.4 Å². The number of hydrogen-bond acceptors (Lipinski definition) is 4. The maximum atomic E-state index is 12.6. The highest BCUT2D eigenvalue weighted by Crippen LogP contribution is 2.22. The number of carbonyl (C=O) groups is 3. The molecular formula is C14H15N5O3. The molecule has 0 unspecified atom stereocenters. The topological polar surface area (TPSA) is 115 Å². The van der Waals surface area contributed by atoms with E-state index < -0.39 is 23.8 Å². The van der Waals surface area contributed by atoms with E-state index in [2.05, 4.69) is 15.3 Å². The predicted molar refractivity (Wildman–Crippen MR) is 78.1 cm³/mol. The van der Waals surface area contributed by atoms with E-state index in [1.807, 2.05) is 0 Å². The van der Waals surface area contributed by atoms with Crippen LogP contribution in [0.5, 0.6) is 0 Å². The van der Waals surface area contributed by atoms with Crippen molar-refractivity contribution in [3.63, 3.8) is 0 Å². The molecule has 1 atom stereocenters. The molecule has 1 aromatic rings. The van der Waals surface area contributed by atoms with Crippen LogP contribution in [0, 0.1) is 5.92 Å². The van der Waals surface area contributed by atoms with Gasteiger partial charge < -0.3 is 5.32 Å². The lowest BCUT2D eigenvalue weighted by atomic mass is 10.00. The van der Waals surface area contributed by atoms with Gasteiger partial charge in [-0.1, -0.05) is 37.2 Å². The molecule has 8 heteroatoms. The Morgan fingerprint density at radius 3 is 2.73 bits per heavy atom. The Hall–Kier alpha value is -2.86. The SMILES string of the molecule is CC(C)[C@@H]1NC(=O)CN(C(=O)c2ccccc2N=[N+]=[N-])C1=O. The van der Waals surface area contributed by atoms with Gasteiger partial charge in [-0.15, -0.1) is 0 Å². The Kier molecular flexibility index (Phi) is 4.43. The van der Waals surface area contributed by atoms with Gasteiger partial charge in [0.15, 0.2) is 0 Å². The molecule has 3 amide bonds. The number of imide groups is 1. The summed E-state index contributed by atoms with van der Waals surface area (Å²) < 4.78 is 0. The van der Waals surface area contributed by atoms with Gasteiger partial charge in [-0.3, -0.25) is 19.3 Å². The van der Waals surface area contributed by atoms with Crippen LogP contribution in [0.2, 0.25) is 0 Å². The number of rotatable bonds is 3. The molecule has 114 valence electrons. The Morgan fingerprint density at radius 2 is 2.09 bits per heavy atom. The molecule has 1 aromatic carbocycles. The van der Waals surface area contributed by atoms with Gasteiger partial charge in [0.1, 0.15) is 12.6 Å². The first-order valence-corrected chi connectivity index (χ1v) is 6.75. The minimum absolute atomic E-state index is 0.0888. The van der Waals surface area contributed by atoms with E-state index in [-0.39, 0.29) is 23.7 Å². The van der Waals surface area contributed by atoms with Crippen molar-refractivity contribution in [2.45, 2.75) is 19.9 Å². The third-order valence-electron chi connectivity index (χ3n) is 3.35. The number of carbonyl (C=O) groups excluding carboxylic acids is 3. The van der Waals surface area contributed by atoms with Crippen molar-refractivity contribution in [2.24, 2.45) is 11.0 Å². The first-order valence-electron chi connectivity index (χ1n) is 6.75. The number of azide groups is 1. The number of nitrogens with zero attached hydrogens (tertiary/aromatic N) is 4. The zero-order valence-corrected chi connectivity index (χ0v) is 12.2. The summed E-state index contributed by atoms with van der Waals surface area (Å²) in [6.07, 6.45) is 0. The van der Waals surface area contributed by atoms with E-state index in [4.69, 9.17) is 5.53 Å². The van der Waals surface area contributed by atoms with E-state index in [1.165, 1.54) is 12.1 Å². The lowest BCUT2D eigenvalue weighted by Gasteiger charge is -2.33. The molecule has 8 nitrogen and oxygen atoms in total. The molecule has 1 aliphatic heterocycles. The Morgan fingerprint density at radius 1 is 1.41 bits per heavy atom. The van der Waals surface area contributed by atoms with Crippen molar-refractivity contribution in [3.8, 4) is 0 Å². The lowest BCUT2D eigenvalue weighted by molar-refractivity contribution is -0.142. The molecule has 1 heterocycles. The highest BCUT2D eigenvalue weighted by Gasteiger charge is 2.38. The molecule has 0 aliphatic carbocycles. The summed E-state index contributed by atoms with van der Waals surface area (Å²) in [5.74, 6) is -1.64. The summed E-state index contributed by atoms with van der Waals surface area (Å²) in [6.45, 7) is 3.22. The largest absolute Gasteiger partial charge is 0.342 e. The predicted octanol–water partition coefficient (Wildman–Crippen LogP) is 1.75. The fourth-order valence-electron chi connectivity index (χ4n) is 2.23. The van der Waals surface area contributed by atoms with Crippen LogP contribution >= 0.6 is 0 Å². The highest BCUT2D eigenvalue weighted by molar-refractivity contribution is 6.12. The van der Waals surface area contributed by atoms with E-state index >= 15 is 0 Å². The van der Waals surface area contributed by atoms with Crippen molar-refractivity contribution in [1.82, 2.24) is 10.2 Å². The van der Waals surface area contributed by atoms with Crippen LogP contribution in [0.3, 0.4) is 0 Å². The van der Waals surface area contributed by atoms with Gasteiger partial charge in [0.25, 0.3) is 11.8 Å². The monoisotopic (exact) mass is 301 g/mol. The van der Waals surface area contributed by atoms with Crippen LogP contribution < -0.4 is 5.32 Å². The Labute approximate surface area is 126 Å². The summed E-state index contributed by atoms with van der Waals surface area (Å²) in [7, 11) is 0. The Balaban J connectivity index is 2.38. The van der Waals surface area contributed by atoms with Crippen LogP contribution in [-0.4, -0.2) is 35.2 Å². The van der Waals surface area contributed by atoms with Gasteiger partial charge in [-0.2, -0.15) is 0 Å². The molecule has 0 saturated carbocycles. The summed E-state index contributed by atoms with van der Waals surface area (Å²) in [5.41, 5.74) is 8.76. The molecule has 1 N–H and O–H groups in total. The second-order valence-corrected chi connectivity index (χ2v) is 5.23. The van der Waals surface area contributed by atoms with E-state index in [0.29, 0.717) is 0 Å². The van der Waals surface area contributed by atoms with Crippen molar-refractivity contribution in [3.05, 3.63) is 40.3 Å². The normalized spacial score (nSPS) is 18.0. The molecule has 22 heavy (non-hydrogen) atoms.